The maximum absolute atomic E-state index is 2.26. The van der Waals surface area contributed by atoms with Crippen LogP contribution in [0.4, 0.5) is 0 Å². The van der Waals surface area contributed by atoms with Crippen molar-refractivity contribution in [2.24, 2.45) is 0 Å². The van der Waals surface area contributed by atoms with E-state index in [-0.39, 0.29) is 0 Å². The summed E-state index contributed by atoms with van der Waals surface area (Å²) >= 11 is 0. The van der Waals surface area contributed by atoms with Gasteiger partial charge in [-0.3, -0.25) is 0 Å². The number of nitrogens with zero attached hydrogens (tertiary/aromatic N) is 1. The van der Waals surface area contributed by atoms with Crippen LogP contribution in [0.15, 0.2) is 23.8 Å². The summed E-state index contributed by atoms with van der Waals surface area (Å²) in [6, 6.07) is 0. The maximum atomic E-state index is 2.26. The van der Waals surface area contributed by atoms with Crippen molar-refractivity contribution in [1.29, 1.82) is 0 Å². The van der Waals surface area contributed by atoms with Crippen LogP contribution in [-0.2, 0) is 0 Å². The second kappa shape index (κ2) is 4.35. The lowest BCUT2D eigenvalue weighted by atomic mass is 10.0. The summed E-state index contributed by atoms with van der Waals surface area (Å²) in [5.74, 6) is 0. The smallest absolute Gasteiger partial charge is 0.00126 e. The van der Waals surface area contributed by atoms with Crippen molar-refractivity contribution < 1.29 is 0 Å². The van der Waals surface area contributed by atoms with Crippen molar-refractivity contribution >= 4 is 0 Å². The normalized spacial score (nSPS) is 17.2. The Morgan fingerprint density at radius 2 is 2.27 bits per heavy atom. The van der Waals surface area contributed by atoms with Crippen LogP contribution in [-0.4, -0.2) is 25.5 Å². The third kappa shape index (κ3) is 3.38. The predicted molar refractivity (Wildman–Crippen MR) is 49.6 cm³/mol. The highest BCUT2D eigenvalue weighted by atomic mass is 15.0. The molecule has 0 aliphatic heterocycles. The van der Waals surface area contributed by atoms with E-state index in [0.29, 0.717) is 0 Å². The molecule has 0 aromatic rings. The van der Waals surface area contributed by atoms with Gasteiger partial charge < -0.3 is 4.90 Å². The fourth-order valence-corrected chi connectivity index (χ4v) is 1.23. The Bertz CT molecular complexity index is 166. The summed E-state index contributed by atoms with van der Waals surface area (Å²) in [4.78, 5) is 2.24. The van der Waals surface area contributed by atoms with E-state index in [1.807, 2.05) is 0 Å². The Morgan fingerprint density at radius 1 is 1.45 bits per heavy atom. The Labute approximate surface area is 69.4 Å². The van der Waals surface area contributed by atoms with Crippen LogP contribution in [0.1, 0.15) is 19.3 Å². The lowest BCUT2D eigenvalue weighted by Gasteiger charge is -2.12. The SMILES string of the molecule is CN(C)CCC1=CC=CCC1. The molecule has 0 spiro atoms. The molecule has 1 heteroatoms. The van der Waals surface area contributed by atoms with Crippen LogP contribution >= 0.6 is 0 Å². The summed E-state index contributed by atoms with van der Waals surface area (Å²) < 4.78 is 0. The standard InChI is InChI=1S/C10H17N/c1-11(2)9-8-10-6-4-3-5-7-10/h3-4,6H,5,7-9H2,1-2H3. The van der Waals surface area contributed by atoms with Gasteiger partial charge in [0.1, 0.15) is 0 Å². The molecular weight excluding hydrogens is 134 g/mol. The van der Waals surface area contributed by atoms with Crippen LogP contribution in [0, 0.1) is 0 Å². The van der Waals surface area contributed by atoms with Gasteiger partial charge in [-0.2, -0.15) is 0 Å². The molecule has 0 heterocycles. The summed E-state index contributed by atoms with van der Waals surface area (Å²) in [6.07, 6.45) is 10.4. The summed E-state index contributed by atoms with van der Waals surface area (Å²) in [6.45, 7) is 1.18. The van der Waals surface area contributed by atoms with Crippen molar-refractivity contribution in [3.63, 3.8) is 0 Å². The zero-order chi connectivity index (χ0) is 8.10. The Balaban J connectivity index is 2.25. The summed E-state index contributed by atoms with van der Waals surface area (Å²) in [5, 5.41) is 0. The maximum Gasteiger partial charge on any atom is 0.00126 e. The number of rotatable bonds is 3. The average molecular weight is 151 g/mol. The molecule has 1 aliphatic rings. The van der Waals surface area contributed by atoms with Crippen molar-refractivity contribution in [3.05, 3.63) is 23.8 Å². The van der Waals surface area contributed by atoms with E-state index >= 15 is 0 Å². The highest BCUT2D eigenvalue weighted by Gasteiger charge is 1.99. The van der Waals surface area contributed by atoms with Crippen molar-refractivity contribution in [3.8, 4) is 0 Å². The molecule has 0 N–H and O–H groups in total. The molecule has 0 unspecified atom stereocenters. The molecule has 0 saturated carbocycles. The van der Waals surface area contributed by atoms with Gasteiger partial charge in [-0.05, 0) is 33.4 Å². The van der Waals surface area contributed by atoms with E-state index in [2.05, 4.69) is 37.2 Å². The molecule has 1 rings (SSSR count). The molecule has 62 valence electrons. The number of hydrogen-bond donors (Lipinski definition) is 0. The summed E-state index contributed by atoms with van der Waals surface area (Å²) in [5.41, 5.74) is 1.60. The zero-order valence-electron chi connectivity index (χ0n) is 7.51. The molecule has 0 amide bonds. The Hall–Kier alpha value is -0.560. The van der Waals surface area contributed by atoms with Crippen molar-refractivity contribution in [1.82, 2.24) is 4.90 Å². The van der Waals surface area contributed by atoms with E-state index in [1.165, 1.54) is 25.8 Å². The largest absolute Gasteiger partial charge is 0.309 e. The van der Waals surface area contributed by atoms with Crippen LogP contribution in [0.25, 0.3) is 0 Å². The minimum Gasteiger partial charge on any atom is -0.309 e. The highest BCUT2D eigenvalue weighted by Crippen LogP contribution is 2.14. The van der Waals surface area contributed by atoms with Crippen LogP contribution < -0.4 is 0 Å². The minimum absolute atomic E-state index is 1.18. The first-order valence-electron chi connectivity index (χ1n) is 4.28. The van der Waals surface area contributed by atoms with Crippen LogP contribution in [0.3, 0.4) is 0 Å². The van der Waals surface area contributed by atoms with E-state index in [9.17, 15) is 0 Å². The molecule has 0 aromatic carbocycles. The molecule has 0 aromatic heterocycles. The number of allylic oxidation sites excluding steroid dienone is 3. The van der Waals surface area contributed by atoms with Gasteiger partial charge in [-0.1, -0.05) is 23.8 Å². The van der Waals surface area contributed by atoms with Gasteiger partial charge in [-0.25, -0.2) is 0 Å². The van der Waals surface area contributed by atoms with Crippen LogP contribution in [0.2, 0.25) is 0 Å². The molecule has 1 aliphatic carbocycles. The van der Waals surface area contributed by atoms with Gasteiger partial charge in [-0.15, -0.1) is 0 Å². The zero-order valence-corrected chi connectivity index (χ0v) is 7.51. The van der Waals surface area contributed by atoms with Gasteiger partial charge in [0.2, 0.25) is 0 Å². The van der Waals surface area contributed by atoms with E-state index in [0.717, 1.165) is 0 Å². The van der Waals surface area contributed by atoms with E-state index in [1.54, 1.807) is 5.57 Å². The number of hydrogen-bond acceptors (Lipinski definition) is 1. The topological polar surface area (TPSA) is 3.24 Å². The van der Waals surface area contributed by atoms with Gasteiger partial charge in [0.05, 0.1) is 0 Å². The molecule has 0 radical (unpaired) electrons. The molecule has 0 fully saturated rings. The van der Waals surface area contributed by atoms with Crippen molar-refractivity contribution in [2.45, 2.75) is 19.3 Å². The lowest BCUT2D eigenvalue weighted by Crippen LogP contribution is -2.13. The van der Waals surface area contributed by atoms with Gasteiger partial charge in [0.15, 0.2) is 0 Å². The predicted octanol–water partition coefficient (Wildman–Crippen LogP) is 2.21. The molecule has 0 bridgehead atoms. The Morgan fingerprint density at radius 3 is 2.82 bits per heavy atom. The Kier molecular flexibility index (Phi) is 3.37. The highest BCUT2D eigenvalue weighted by molar-refractivity contribution is 5.17. The van der Waals surface area contributed by atoms with Crippen LogP contribution in [0.5, 0.6) is 0 Å². The monoisotopic (exact) mass is 151 g/mol. The third-order valence-electron chi connectivity index (χ3n) is 1.98. The average Bonchev–Trinajstić information content (AvgIpc) is 2.03. The van der Waals surface area contributed by atoms with Gasteiger partial charge in [0.25, 0.3) is 0 Å². The first-order chi connectivity index (χ1) is 5.29. The second-order valence-electron chi connectivity index (χ2n) is 3.35. The van der Waals surface area contributed by atoms with Crippen molar-refractivity contribution in [2.75, 3.05) is 20.6 Å². The molecular formula is C10H17N. The van der Waals surface area contributed by atoms with Gasteiger partial charge in [0, 0.05) is 6.54 Å². The second-order valence-corrected chi connectivity index (χ2v) is 3.35. The van der Waals surface area contributed by atoms with Gasteiger partial charge >= 0.3 is 0 Å². The fraction of sp³-hybridized carbons (Fsp3) is 0.600. The molecule has 11 heavy (non-hydrogen) atoms. The minimum atomic E-state index is 1.18. The van der Waals surface area contributed by atoms with E-state index in [4.69, 9.17) is 0 Å². The molecule has 0 saturated heterocycles. The fourth-order valence-electron chi connectivity index (χ4n) is 1.23. The molecule has 0 atom stereocenters. The lowest BCUT2D eigenvalue weighted by molar-refractivity contribution is 0.411. The first-order valence-corrected chi connectivity index (χ1v) is 4.28. The quantitative estimate of drug-likeness (QED) is 0.598. The first kappa shape index (κ1) is 8.54. The van der Waals surface area contributed by atoms with E-state index < -0.39 is 0 Å². The summed E-state index contributed by atoms with van der Waals surface area (Å²) in [7, 11) is 4.25. The molecule has 1 nitrogen and oxygen atoms in total. The third-order valence-corrected chi connectivity index (χ3v) is 1.98.